The molecule has 0 aliphatic heterocycles. The van der Waals surface area contributed by atoms with Gasteiger partial charge in [0.1, 0.15) is 11.4 Å². The molecule has 2 heterocycles. The van der Waals surface area contributed by atoms with Gasteiger partial charge in [-0.05, 0) is 24.6 Å². The van der Waals surface area contributed by atoms with E-state index < -0.39 is 0 Å². The van der Waals surface area contributed by atoms with Crippen LogP contribution >= 0.6 is 15.9 Å². The highest BCUT2D eigenvalue weighted by Crippen LogP contribution is 2.41. The second-order valence-electron chi connectivity index (χ2n) is 6.21. The second kappa shape index (κ2) is 5.43. The largest absolute Gasteiger partial charge is 0.359 e. The Bertz CT molecular complexity index is 1100. The van der Waals surface area contributed by atoms with Crippen molar-refractivity contribution in [3.63, 3.8) is 0 Å². The monoisotopic (exact) mass is 391 g/mol. The van der Waals surface area contributed by atoms with Gasteiger partial charge < -0.3 is 4.52 Å². The van der Waals surface area contributed by atoms with Crippen molar-refractivity contribution in [2.75, 3.05) is 0 Å². The van der Waals surface area contributed by atoms with Gasteiger partial charge >= 0.3 is 0 Å². The Balaban J connectivity index is 1.74. The molecule has 5 heteroatoms. The van der Waals surface area contributed by atoms with E-state index in [1.807, 2.05) is 48.1 Å². The summed E-state index contributed by atoms with van der Waals surface area (Å²) in [5.41, 5.74) is 7.63. The Morgan fingerprint density at radius 1 is 1.08 bits per heavy atom. The van der Waals surface area contributed by atoms with Crippen LogP contribution < -0.4 is 0 Å². The lowest BCUT2D eigenvalue weighted by Gasteiger charge is -2.08. The molecule has 0 radical (unpaired) electrons. The molecule has 0 atom stereocenters. The number of aryl methyl sites for hydroxylation is 1. The second-order valence-corrected chi connectivity index (χ2v) is 7.13. The van der Waals surface area contributed by atoms with Crippen LogP contribution in [0.25, 0.3) is 28.2 Å². The minimum Gasteiger partial charge on any atom is -0.359 e. The van der Waals surface area contributed by atoms with E-state index in [1.165, 1.54) is 16.7 Å². The molecule has 4 aromatic rings. The van der Waals surface area contributed by atoms with Crippen LogP contribution in [0, 0.1) is 6.92 Å². The molecule has 25 heavy (non-hydrogen) atoms. The molecule has 2 aromatic carbocycles. The Morgan fingerprint density at radius 2 is 1.92 bits per heavy atom. The zero-order valence-corrected chi connectivity index (χ0v) is 15.1. The zero-order valence-electron chi connectivity index (χ0n) is 13.5. The molecule has 2 aromatic heterocycles. The fraction of sp³-hybridized carbons (Fsp3) is 0.100. The topological polar surface area (TPSA) is 43.9 Å². The van der Waals surface area contributed by atoms with Crippen molar-refractivity contribution in [3.8, 4) is 28.2 Å². The molecule has 4 nitrogen and oxygen atoms in total. The molecular formula is C20H14BrN3O. The van der Waals surface area contributed by atoms with Crippen molar-refractivity contribution in [1.82, 2.24) is 14.9 Å². The van der Waals surface area contributed by atoms with E-state index in [4.69, 9.17) is 4.52 Å². The molecule has 1 aliphatic rings. The van der Waals surface area contributed by atoms with Crippen LogP contribution in [0.15, 0.2) is 63.7 Å². The first-order chi connectivity index (χ1) is 12.2. The van der Waals surface area contributed by atoms with Crippen LogP contribution in [0.4, 0.5) is 0 Å². The number of aromatic nitrogens is 3. The Hall–Kier alpha value is -2.66. The van der Waals surface area contributed by atoms with Gasteiger partial charge in [-0.2, -0.15) is 5.10 Å². The van der Waals surface area contributed by atoms with Gasteiger partial charge in [0.2, 0.25) is 0 Å². The van der Waals surface area contributed by atoms with Gasteiger partial charge in [0.15, 0.2) is 5.76 Å². The zero-order chi connectivity index (χ0) is 17.0. The van der Waals surface area contributed by atoms with Crippen molar-refractivity contribution in [1.29, 1.82) is 0 Å². The van der Waals surface area contributed by atoms with E-state index in [0.29, 0.717) is 0 Å². The first kappa shape index (κ1) is 14.7. The molecule has 0 saturated heterocycles. The summed E-state index contributed by atoms with van der Waals surface area (Å²) in [6, 6.07) is 16.5. The lowest BCUT2D eigenvalue weighted by molar-refractivity contribution is 0.399. The summed E-state index contributed by atoms with van der Waals surface area (Å²) in [5, 5.41) is 8.95. The van der Waals surface area contributed by atoms with Gasteiger partial charge in [0, 0.05) is 27.6 Å². The lowest BCUT2D eigenvalue weighted by Crippen LogP contribution is -2.01. The van der Waals surface area contributed by atoms with Crippen LogP contribution in [0.2, 0.25) is 0 Å². The van der Waals surface area contributed by atoms with Crippen molar-refractivity contribution in [2.24, 2.45) is 0 Å². The average Bonchev–Trinajstić information content (AvgIpc) is 3.28. The summed E-state index contributed by atoms with van der Waals surface area (Å²) in [5.74, 6) is 0.760. The van der Waals surface area contributed by atoms with E-state index in [0.717, 1.165) is 39.3 Å². The molecule has 5 rings (SSSR count). The molecule has 0 unspecified atom stereocenters. The standard InChI is InChI=1S/C20H14BrN3O/c1-12-19(18(23-25-12)13-5-3-2-4-6-13)24-20-15(11-22-24)9-14-10-16(21)7-8-17(14)20/h2-8,10-11H,9H2,1H3. The fourth-order valence-corrected chi connectivity index (χ4v) is 3.92. The molecule has 0 fully saturated rings. The SMILES string of the molecule is Cc1onc(-c2ccccc2)c1-n1ncc2c1-c1ccc(Br)cc1C2. The third-order valence-electron chi connectivity index (χ3n) is 4.64. The van der Waals surface area contributed by atoms with E-state index in [2.05, 4.69) is 44.4 Å². The molecule has 0 bridgehead atoms. The Kier molecular flexibility index (Phi) is 3.18. The number of rotatable bonds is 2. The van der Waals surface area contributed by atoms with E-state index in [1.54, 1.807) is 0 Å². The van der Waals surface area contributed by atoms with Crippen LogP contribution in [-0.2, 0) is 6.42 Å². The van der Waals surface area contributed by atoms with Gasteiger partial charge in [-0.15, -0.1) is 0 Å². The van der Waals surface area contributed by atoms with Gasteiger partial charge in [0.25, 0.3) is 0 Å². The van der Waals surface area contributed by atoms with Crippen molar-refractivity contribution in [3.05, 3.63) is 76.1 Å². The molecule has 122 valence electrons. The molecule has 0 spiro atoms. The summed E-state index contributed by atoms with van der Waals surface area (Å²) >= 11 is 3.56. The summed E-state index contributed by atoms with van der Waals surface area (Å²) < 4.78 is 8.60. The number of hydrogen-bond acceptors (Lipinski definition) is 3. The van der Waals surface area contributed by atoms with Gasteiger partial charge in [-0.25, -0.2) is 4.68 Å². The maximum absolute atomic E-state index is 5.52. The number of fused-ring (bicyclic) bond motifs is 3. The summed E-state index contributed by atoms with van der Waals surface area (Å²) in [7, 11) is 0. The molecular weight excluding hydrogens is 378 g/mol. The Labute approximate surface area is 153 Å². The number of nitrogens with zero attached hydrogens (tertiary/aromatic N) is 3. The molecule has 0 amide bonds. The third kappa shape index (κ3) is 2.19. The quantitative estimate of drug-likeness (QED) is 0.416. The number of halogens is 1. The molecule has 0 saturated carbocycles. The molecule has 1 aliphatic carbocycles. The van der Waals surface area contributed by atoms with Crippen LogP contribution in [0.1, 0.15) is 16.9 Å². The highest BCUT2D eigenvalue weighted by atomic mass is 79.9. The van der Waals surface area contributed by atoms with E-state index >= 15 is 0 Å². The third-order valence-corrected chi connectivity index (χ3v) is 5.13. The minimum absolute atomic E-state index is 0.760. The fourth-order valence-electron chi connectivity index (χ4n) is 3.52. The predicted molar refractivity (Wildman–Crippen MR) is 99.7 cm³/mol. The normalized spacial score (nSPS) is 12.2. The highest BCUT2D eigenvalue weighted by Gasteiger charge is 2.27. The summed E-state index contributed by atoms with van der Waals surface area (Å²) in [6.07, 6.45) is 2.85. The van der Waals surface area contributed by atoms with Gasteiger partial charge in [-0.3, -0.25) is 0 Å². The highest BCUT2D eigenvalue weighted by molar-refractivity contribution is 9.10. The maximum atomic E-state index is 5.52. The van der Waals surface area contributed by atoms with Crippen LogP contribution in [-0.4, -0.2) is 14.9 Å². The summed E-state index contributed by atoms with van der Waals surface area (Å²) in [6.45, 7) is 1.93. The smallest absolute Gasteiger partial charge is 0.159 e. The number of benzene rings is 2. The first-order valence-electron chi connectivity index (χ1n) is 8.10. The lowest BCUT2D eigenvalue weighted by atomic mass is 10.1. The average molecular weight is 392 g/mol. The van der Waals surface area contributed by atoms with Gasteiger partial charge in [0.05, 0.1) is 11.9 Å². The van der Waals surface area contributed by atoms with Gasteiger partial charge in [-0.1, -0.05) is 57.5 Å². The van der Waals surface area contributed by atoms with Crippen molar-refractivity contribution >= 4 is 15.9 Å². The van der Waals surface area contributed by atoms with E-state index in [9.17, 15) is 0 Å². The summed E-state index contributed by atoms with van der Waals surface area (Å²) in [4.78, 5) is 0. The van der Waals surface area contributed by atoms with Crippen molar-refractivity contribution in [2.45, 2.75) is 13.3 Å². The maximum Gasteiger partial charge on any atom is 0.159 e. The van der Waals surface area contributed by atoms with E-state index in [-0.39, 0.29) is 0 Å². The van der Waals surface area contributed by atoms with Crippen LogP contribution in [0.5, 0.6) is 0 Å². The first-order valence-corrected chi connectivity index (χ1v) is 8.89. The van der Waals surface area contributed by atoms with Crippen molar-refractivity contribution < 1.29 is 4.52 Å². The van der Waals surface area contributed by atoms with Crippen LogP contribution in [0.3, 0.4) is 0 Å². The molecule has 0 N–H and O–H groups in total. The Morgan fingerprint density at radius 3 is 2.76 bits per heavy atom. The number of hydrogen-bond donors (Lipinski definition) is 0. The minimum atomic E-state index is 0.760. The predicted octanol–water partition coefficient (Wildman–Crippen LogP) is 5.17.